The van der Waals surface area contributed by atoms with Crippen molar-refractivity contribution in [1.29, 1.82) is 0 Å². The number of rotatable bonds is 2. The van der Waals surface area contributed by atoms with Crippen LogP contribution in [0.15, 0.2) is 11.4 Å². The molecule has 0 saturated heterocycles. The Hall–Kier alpha value is -0.870. The van der Waals surface area contributed by atoms with Crippen LogP contribution in [-0.4, -0.2) is 16.7 Å². The van der Waals surface area contributed by atoms with Crippen LogP contribution in [-0.2, 0) is 6.42 Å². The third kappa shape index (κ3) is 1.04. The first kappa shape index (κ1) is 6.82. The molecule has 11 heavy (non-hydrogen) atoms. The number of aromatic amines is 1. The monoisotopic (exact) mass is 167 g/mol. The van der Waals surface area contributed by atoms with Gasteiger partial charge in [-0.2, -0.15) is 5.10 Å². The molecule has 3 nitrogen and oxygen atoms in total. The summed E-state index contributed by atoms with van der Waals surface area (Å²) in [5.74, 6) is 0. The molecule has 0 atom stereocenters. The van der Waals surface area contributed by atoms with Gasteiger partial charge in [0.15, 0.2) is 0 Å². The highest BCUT2D eigenvalue weighted by Crippen LogP contribution is 2.21. The van der Waals surface area contributed by atoms with E-state index in [1.165, 1.54) is 4.70 Å². The number of H-pyrrole nitrogens is 1. The summed E-state index contributed by atoms with van der Waals surface area (Å²) < 4.78 is 1.25. The second kappa shape index (κ2) is 2.64. The van der Waals surface area contributed by atoms with Gasteiger partial charge in [-0.3, -0.25) is 5.10 Å². The van der Waals surface area contributed by atoms with Crippen molar-refractivity contribution >= 4 is 21.6 Å². The Morgan fingerprint density at radius 2 is 2.55 bits per heavy atom. The van der Waals surface area contributed by atoms with Gasteiger partial charge in [-0.1, -0.05) is 0 Å². The molecule has 0 amide bonds. The van der Waals surface area contributed by atoms with Gasteiger partial charge in [0, 0.05) is 6.42 Å². The van der Waals surface area contributed by atoms with Crippen molar-refractivity contribution in [3.05, 3.63) is 17.1 Å². The van der Waals surface area contributed by atoms with Gasteiger partial charge in [0.1, 0.15) is 5.52 Å². The minimum Gasteiger partial charge on any atom is -0.330 e. The van der Waals surface area contributed by atoms with Crippen LogP contribution in [0.25, 0.3) is 10.2 Å². The summed E-state index contributed by atoms with van der Waals surface area (Å²) in [5, 5.41) is 9.15. The predicted molar refractivity (Wildman–Crippen MR) is 46.7 cm³/mol. The van der Waals surface area contributed by atoms with E-state index >= 15 is 0 Å². The lowest BCUT2D eigenvalue weighted by atomic mass is 10.3. The number of aromatic nitrogens is 2. The second-order valence-corrected chi connectivity index (χ2v) is 3.29. The van der Waals surface area contributed by atoms with Crippen LogP contribution in [0.1, 0.15) is 5.69 Å². The van der Waals surface area contributed by atoms with Crippen LogP contribution in [0.2, 0.25) is 0 Å². The van der Waals surface area contributed by atoms with Gasteiger partial charge >= 0.3 is 0 Å². The Kier molecular flexibility index (Phi) is 1.63. The van der Waals surface area contributed by atoms with Crippen LogP contribution in [0, 0.1) is 0 Å². The van der Waals surface area contributed by atoms with Crippen molar-refractivity contribution in [2.45, 2.75) is 6.42 Å². The molecule has 2 rings (SSSR count). The Balaban J connectivity index is 2.51. The Bertz CT molecular complexity index is 349. The lowest BCUT2D eigenvalue weighted by Gasteiger charge is -1.89. The predicted octanol–water partition coefficient (Wildman–Crippen LogP) is 1.13. The minimum atomic E-state index is 0.676. The zero-order valence-electron chi connectivity index (χ0n) is 6.00. The molecule has 0 aliphatic heterocycles. The maximum atomic E-state index is 5.44. The van der Waals surface area contributed by atoms with Crippen LogP contribution in [0.4, 0.5) is 0 Å². The maximum absolute atomic E-state index is 5.44. The van der Waals surface area contributed by atoms with E-state index in [0.29, 0.717) is 6.54 Å². The van der Waals surface area contributed by atoms with E-state index < -0.39 is 0 Å². The molecule has 0 fully saturated rings. The van der Waals surface area contributed by atoms with Crippen molar-refractivity contribution < 1.29 is 0 Å². The second-order valence-electron chi connectivity index (χ2n) is 2.38. The smallest absolute Gasteiger partial charge is 0.103 e. The standard InChI is InChI=1S/C7H9N3S/c8-3-1-5-7-6(10-9-5)2-4-11-7/h2,4H,1,3,8H2,(H,9,10). The molecule has 0 aliphatic carbocycles. The molecule has 0 aliphatic rings. The van der Waals surface area contributed by atoms with Crippen LogP contribution >= 0.6 is 11.3 Å². The lowest BCUT2D eigenvalue weighted by molar-refractivity contribution is 0.910. The number of nitrogens with two attached hydrogens (primary N) is 1. The summed E-state index contributed by atoms with van der Waals surface area (Å²) in [6.45, 7) is 0.676. The molecule has 0 unspecified atom stereocenters. The van der Waals surface area contributed by atoms with Gasteiger partial charge in [-0.05, 0) is 18.0 Å². The molecule has 3 N–H and O–H groups in total. The zero-order valence-corrected chi connectivity index (χ0v) is 6.82. The van der Waals surface area contributed by atoms with E-state index in [9.17, 15) is 0 Å². The van der Waals surface area contributed by atoms with Gasteiger partial charge in [-0.15, -0.1) is 11.3 Å². The van der Waals surface area contributed by atoms with E-state index in [4.69, 9.17) is 5.73 Å². The minimum absolute atomic E-state index is 0.676. The molecule has 58 valence electrons. The fourth-order valence-corrected chi connectivity index (χ4v) is 1.97. The molecular formula is C7H9N3S. The number of fused-ring (bicyclic) bond motifs is 1. The summed E-state index contributed by atoms with van der Waals surface area (Å²) in [5.41, 5.74) is 7.65. The maximum Gasteiger partial charge on any atom is 0.103 e. The summed E-state index contributed by atoms with van der Waals surface area (Å²) >= 11 is 1.71. The first-order valence-electron chi connectivity index (χ1n) is 3.52. The van der Waals surface area contributed by atoms with Crippen LogP contribution in [0.3, 0.4) is 0 Å². The quantitative estimate of drug-likeness (QED) is 0.704. The summed E-state index contributed by atoms with van der Waals surface area (Å²) in [6, 6.07) is 2.01. The highest BCUT2D eigenvalue weighted by molar-refractivity contribution is 7.17. The highest BCUT2D eigenvalue weighted by atomic mass is 32.1. The Morgan fingerprint density at radius 1 is 1.64 bits per heavy atom. The number of hydrogen-bond donors (Lipinski definition) is 2. The van der Waals surface area contributed by atoms with Gasteiger partial charge in [-0.25, -0.2) is 0 Å². The Labute approximate surface area is 68.2 Å². The molecule has 0 saturated carbocycles. The van der Waals surface area contributed by atoms with E-state index in [-0.39, 0.29) is 0 Å². The van der Waals surface area contributed by atoms with E-state index in [0.717, 1.165) is 17.6 Å². The fourth-order valence-electron chi connectivity index (χ4n) is 1.11. The van der Waals surface area contributed by atoms with Crippen molar-refractivity contribution in [3.8, 4) is 0 Å². The molecular weight excluding hydrogens is 158 g/mol. The largest absolute Gasteiger partial charge is 0.330 e. The van der Waals surface area contributed by atoms with Crippen molar-refractivity contribution in [1.82, 2.24) is 10.2 Å². The van der Waals surface area contributed by atoms with E-state index in [1.54, 1.807) is 11.3 Å². The lowest BCUT2D eigenvalue weighted by Crippen LogP contribution is -2.02. The van der Waals surface area contributed by atoms with Crippen molar-refractivity contribution in [3.63, 3.8) is 0 Å². The third-order valence-electron chi connectivity index (χ3n) is 1.62. The number of hydrogen-bond acceptors (Lipinski definition) is 3. The average molecular weight is 167 g/mol. The van der Waals surface area contributed by atoms with E-state index in [2.05, 4.69) is 10.2 Å². The van der Waals surface area contributed by atoms with Crippen molar-refractivity contribution in [2.75, 3.05) is 6.54 Å². The first-order chi connectivity index (χ1) is 5.42. The fraction of sp³-hybridized carbons (Fsp3) is 0.286. The number of thiophene rings is 1. The summed E-state index contributed by atoms with van der Waals surface area (Å²) in [6.07, 6.45) is 0.886. The molecule has 0 bridgehead atoms. The Morgan fingerprint density at radius 3 is 3.36 bits per heavy atom. The molecule has 4 heteroatoms. The van der Waals surface area contributed by atoms with Gasteiger partial charge < -0.3 is 5.73 Å². The van der Waals surface area contributed by atoms with Gasteiger partial charge in [0.05, 0.1) is 10.4 Å². The van der Waals surface area contributed by atoms with Crippen LogP contribution < -0.4 is 5.73 Å². The summed E-state index contributed by atoms with van der Waals surface area (Å²) in [7, 11) is 0. The molecule has 2 aromatic rings. The van der Waals surface area contributed by atoms with Crippen molar-refractivity contribution in [2.24, 2.45) is 5.73 Å². The molecule has 2 heterocycles. The van der Waals surface area contributed by atoms with E-state index in [1.807, 2.05) is 11.4 Å². The topological polar surface area (TPSA) is 54.7 Å². The third-order valence-corrected chi connectivity index (χ3v) is 2.59. The summed E-state index contributed by atoms with van der Waals surface area (Å²) in [4.78, 5) is 0. The zero-order chi connectivity index (χ0) is 7.68. The van der Waals surface area contributed by atoms with Crippen LogP contribution in [0.5, 0.6) is 0 Å². The molecule has 0 spiro atoms. The normalized spacial score (nSPS) is 11.0. The molecule has 0 radical (unpaired) electrons. The first-order valence-corrected chi connectivity index (χ1v) is 4.40. The number of nitrogens with zero attached hydrogens (tertiary/aromatic N) is 1. The highest BCUT2D eigenvalue weighted by Gasteiger charge is 2.03. The molecule has 0 aromatic carbocycles. The molecule has 2 aromatic heterocycles. The van der Waals surface area contributed by atoms with Gasteiger partial charge in [0.2, 0.25) is 0 Å². The average Bonchev–Trinajstić information content (AvgIpc) is 2.53. The SMILES string of the molecule is NCCc1[nH]nc2ccsc12. The number of nitrogens with one attached hydrogen (secondary N) is 1. The van der Waals surface area contributed by atoms with Gasteiger partial charge in [0.25, 0.3) is 0 Å².